The van der Waals surface area contributed by atoms with Crippen LogP contribution >= 0.6 is 23.2 Å². The minimum absolute atomic E-state index is 0.153. The number of halogens is 2. The van der Waals surface area contributed by atoms with Gasteiger partial charge in [0.1, 0.15) is 0 Å². The lowest BCUT2D eigenvalue weighted by Gasteiger charge is -2.26. The van der Waals surface area contributed by atoms with Crippen LogP contribution in [-0.4, -0.2) is 5.78 Å². The van der Waals surface area contributed by atoms with Crippen LogP contribution in [0, 0.1) is 0 Å². The molecule has 1 nitrogen and oxygen atoms in total. The Kier molecular flexibility index (Phi) is 3.34. The van der Waals surface area contributed by atoms with E-state index >= 15 is 0 Å². The molecule has 0 saturated carbocycles. The molecule has 3 rings (SSSR count). The van der Waals surface area contributed by atoms with Crippen LogP contribution in [0.2, 0.25) is 10.0 Å². The fourth-order valence-electron chi connectivity index (χ4n) is 2.73. The van der Waals surface area contributed by atoms with E-state index in [4.69, 9.17) is 23.2 Å². The Bertz CT molecular complexity index is 649. The average molecular weight is 291 g/mol. The second kappa shape index (κ2) is 4.99. The Labute approximate surface area is 122 Å². The van der Waals surface area contributed by atoms with Crippen LogP contribution < -0.4 is 0 Å². The smallest absolute Gasteiger partial charge is 0.163 e. The number of carbonyl (C=O) groups excluding carboxylic acids is 1. The zero-order valence-electron chi connectivity index (χ0n) is 10.2. The molecule has 1 aliphatic carbocycles. The van der Waals surface area contributed by atoms with E-state index < -0.39 is 0 Å². The van der Waals surface area contributed by atoms with E-state index in [9.17, 15) is 4.79 Å². The van der Waals surface area contributed by atoms with E-state index in [1.165, 1.54) is 0 Å². The van der Waals surface area contributed by atoms with Gasteiger partial charge in [0.25, 0.3) is 0 Å². The second-order valence-corrected chi connectivity index (χ2v) is 5.53. The molecule has 0 radical (unpaired) electrons. The maximum Gasteiger partial charge on any atom is 0.163 e. The van der Waals surface area contributed by atoms with Crippen LogP contribution in [0.25, 0.3) is 0 Å². The molecule has 19 heavy (non-hydrogen) atoms. The SMILES string of the molecule is O=C1CC[C@H](c2cccc(Cl)c2Cl)c2ccccc21. The highest BCUT2D eigenvalue weighted by atomic mass is 35.5. The van der Waals surface area contributed by atoms with Crippen molar-refractivity contribution in [2.45, 2.75) is 18.8 Å². The molecule has 0 unspecified atom stereocenters. The zero-order valence-corrected chi connectivity index (χ0v) is 11.7. The van der Waals surface area contributed by atoms with Gasteiger partial charge in [-0.15, -0.1) is 0 Å². The molecule has 0 bridgehead atoms. The predicted molar refractivity (Wildman–Crippen MR) is 78.3 cm³/mol. The monoisotopic (exact) mass is 290 g/mol. The lowest BCUT2D eigenvalue weighted by Crippen LogP contribution is -2.16. The summed E-state index contributed by atoms with van der Waals surface area (Å²) in [4.78, 5) is 12.0. The highest BCUT2D eigenvalue weighted by Crippen LogP contribution is 2.41. The molecule has 0 saturated heterocycles. The van der Waals surface area contributed by atoms with Crippen molar-refractivity contribution in [3.63, 3.8) is 0 Å². The van der Waals surface area contributed by atoms with Crippen molar-refractivity contribution in [2.24, 2.45) is 0 Å². The highest BCUT2D eigenvalue weighted by Gasteiger charge is 2.27. The second-order valence-electron chi connectivity index (χ2n) is 4.74. The predicted octanol–water partition coefficient (Wildman–Crippen LogP) is 5.10. The largest absolute Gasteiger partial charge is 0.294 e. The standard InChI is InChI=1S/C16H12Cl2O/c17-14-7-3-6-13(16(14)18)11-8-9-15(19)12-5-2-1-4-10(11)12/h1-7,11H,8-9H2/t11-/m0/s1. The van der Waals surface area contributed by atoms with Crippen molar-refractivity contribution in [2.75, 3.05) is 0 Å². The zero-order chi connectivity index (χ0) is 13.4. The maximum absolute atomic E-state index is 12.0. The van der Waals surface area contributed by atoms with Gasteiger partial charge in [0.05, 0.1) is 10.0 Å². The molecule has 0 aliphatic heterocycles. The van der Waals surface area contributed by atoms with Gasteiger partial charge in [-0.05, 0) is 23.6 Å². The van der Waals surface area contributed by atoms with Crippen molar-refractivity contribution in [3.8, 4) is 0 Å². The summed E-state index contributed by atoms with van der Waals surface area (Å²) in [5, 5.41) is 1.16. The van der Waals surface area contributed by atoms with E-state index in [1.54, 1.807) is 6.07 Å². The van der Waals surface area contributed by atoms with Crippen molar-refractivity contribution in [1.29, 1.82) is 0 Å². The van der Waals surface area contributed by atoms with Gasteiger partial charge in [0.2, 0.25) is 0 Å². The van der Waals surface area contributed by atoms with Crippen molar-refractivity contribution in [3.05, 3.63) is 69.2 Å². The van der Waals surface area contributed by atoms with Gasteiger partial charge in [0, 0.05) is 17.9 Å². The summed E-state index contributed by atoms with van der Waals surface area (Å²) in [5.41, 5.74) is 2.88. The maximum atomic E-state index is 12.0. The number of rotatable bonds is 1. The third-order valence-corrected chi connectivity index (χ3v) is 4.49. The molecule has 0 N–H and O–H groups in total. The summed E-state index contributed by atoms with van der Waals surface area (Å²) in [6, 6.07) is 13.4. The van der Waals surface area contributed by atoms with Crippen molar-refractivity contribution in [1.82, 2.24) is 0 Å². The van der Waals surface area contributed by atoms with Crippen LogP contribution in [0.4, 0.5) is 0 Å². The van der Waals surface area contributed by atoms with Crippen LogP contribution in [-0.2, 0) is 0 Å². The molecule has 2 aromatic carbocycles. The summed E-state index contributed by atoms with van der Waals surface area (Å²) in [7, 11) is 0. The number of fused-ring (bicyclic) bond motifs is 1. The molecule has 96 valence electrons. The normalized spacial score (nSPS) is 18.2. The van der Waals surface area contributed by atoms with Gasteiger partial charge >= 0.3 is 0 Å². The topological polar surface area (TPSA) is 17.1 Å². The molecule has 2 aromatic rings. The van der Waals surface area contributed by atoms with E-state index in [1.807, 2.05) is 36.4 Å². The first-order valence-corrected chi connectivity index (χ1v) is 7.00. The number of ketones is 1. The first-order valence-electron chi connectivity index (χ1n) is 6.24. The van der Waals surface area contributed by atoms with Gasteiger partial charge in [-0.25, -0.2) is 0 Å². The number of hydrogen-bond donors (Lipinski definition) is 0. The van der Waals surface area contributed by atoms with E-state index in [2.05, 4.69) is 0 Å². The Balaban J connectivity index is 2.15. The minimum Gasteiger partial charge on any atom is -0.294 e. The molecule has 0 heterocycles. The number of Topliss-reactive ketones (excluding diaryl/α,β-unsaturated/α-hetero) is 1. The minimum atomic E-state index is 0.153. The Hall–Kier alpha value is -1.31. The fraction of sp³-hybridized carbons (Fsp3) is 0.188. The molecule has 0 amide bonds. The Morgan fingerprint density at radius 3 is 2.53 bits per heavy atom. The lowest BCUT2D eigenvalue weighted by molar-refractivity contribution is 0.0969. The third kappa shape index (κ3) is 2.18. The fourth-order valence-corrected chi connectivity index (χ4v) is 3.17. The summed E-state index contributed by atoms with van der Waals surface area (Å²) in [6.45, 7) is 0. The molecule has 3 heteroatoms. The highest BCUT2D eigenvalue weighted by molar-refractivity contribution is 6.42. The summed E-state index contributed by atoms with van der Waals surface area (Å²) in [5.74, 6) is 0.366. The Morgan fingerprint density at radius 1 is 0.947 bits per heavy atom. The van der Waals surface area contributed by atoms with Crippen LogP contribution in [0.3, 0.4) is 0 Å². The first kappa shape index (κ1) is 12.7. The van der Waals surface area contributed by atoms with Crippen LogP contribution in [0.5, 0.6) is 0 Å². The Morgan fingerprint density at radius 2 is 1.68 bits per heavy atom. The summed E-state index contributed by atoms with van der Waals surface area (Å²) < 4.78 is 0. The first-order chi connectivity index (χ1) is 9.18. The number of carbonyl (C=O) groups is 1. The quantitative estimate of drug-likeness (QED) is 0.714. The average Bonchev–Trinajstić information content (AvgIpc) is 2.43. The van der Waals surface area contributed by atoms with Gasteiger partial charge in [-0.3, -0.25) is 4.79 Å². The summed E-state index contributed by atoms with van der Waals surface area (Å²) in [6.07, 6.45) is 1.35. The molecule has 0 aromatic heterocycles. The van der Waals surface area contributed by atoms with E-state index in [0.29, 0.717) is 16.5 Å². The van der Waals surface area contributed by atoms with Gasteiger partial charge in [-0.1, -0.05) is 59.6 Å². The molecule has 1 aliphatic rings. The van der Waals surface area contributed by atoms with E-state index in [0.717, 1.165) is 23.1 Å². The van der Waals surface area contributed by atoms with Crippen LogP contribution in [0.15, 0.2) is 42.5 Å². The molecular formula is C16H12Cl2O. The van der Waals surface area contributed by atoms with Crippen molar-refractivity contribution < 1.29 is 4.79 Å². The summed E-state index contributed by atoms with van der Waals surface area (Å²) >= 11 is 12.4. The van der Waals surface area contributed by atoms with Gasteiger partial charge in [0.15, 0.2) is 5.78 Å². The van der Waals surface area contributed by atoms with Gasteiger partial charge < -0.3 is 0 Å². The molecular weight excluding hydrogens is 279 g/mol. The third-order valence-electron chi connectivity index (χ3n) is 3.65. The lowest BCUT2D eigenvalue weighted by atomic mass is 9.78. The van der Waals surface area contributed by atoms with Gasteiger partial charge in [-0.2, -0.15) is 0 Å². The van der Waals surface area contributed by atoms with Crippen LogP contribution in [0.1, 0.15) is 40.2 Å². The van der Waals surface area contributed by atoms with E-state index in [-0.39, 0.29) is 11.7 Å². The number of benzene rings is 2. The molecule has 1 atom stereocenters. The molecule has 0 fully saturated rings. The van der Waals surface area contributed by atoms with Crippen molar-refractivity contribution >= 4 is 29.0 Å². The molecule has 0 spiro atoms. The number of hydrogen-bond acceptors (Lipinski definition) is 1.